The normalized spacial score (nSPS) is 27.6. The van der Waals surface area contributed by atoms with Crippen LogP contribution in [0, 0.1) is 0 Å². The fraction of sp³-hybridized carbons (Fsp3) is 0.700. The van der Waals surface area contributed by atoms with Gasteiger partial charge in [0.1, 0.15) is 0 Å². The lowest BCUT2D eigenvalue weighted by molar-refractivity contribution is -0.114. The van der Waals surface area contributed by atoms with Crippen LogP contribution < -0.4 is 5.32 Å². The summed E-state index contributed by atoms with van der Waals surface area (Å²) < 4.78 is 0. The predicted molar refractivity (Wildman–Crippen MR) is 63.9 cm³/mol. The Hall–Kier alpha value is -0.0900. The lowest BCUT2D eigenvalue weighted by Gasteiger charge is -2.21. The van der Waals surface area contributed by atoms with E-state index in [1.807, 2.05) is 11.8 Å². The zero-order valence-electron chi connectivity index (χ0n) is 8.12. The molecule has 1 heterocycles. The number of carbonyl (C=O) groups is 1. The van der Waals surface area contributed by atoms with E-state index in [0.717, 1.165) is 23.9 Å². The van der Waals surface area contributed by atoms with Gasteiger partial charge in [-0.2, -0.15) is 23.5 Å². The summed E-state index contributed by atoms with van der Waals surface area (Å²) >= 11 is 4.09. The van der Waals surface area contributed by atoms with Gasteiger partial charge in [-0.25, -0.2) is 0 Å². The van der Waals surface area contributed by atoms with E-state index in [1.165, 1.54) is 17.3 Å². The molecule has 1 aliphatic carbocycles. The fourth-order valence-corrected chi connectivity index (χ4v) is 4.25. The molecule has 0 amide bonds. The van der Waals surface area contributed by atoms with Crippen LogP contribution in [0.15, 0.2) is 11.8 Å². The van der Waals surface area contributed by atoms with Crippen LogP contribution in [0.25, 0.3) is 0 Å². The van der Waals surface area contributed by atoms with Gasteiger partial charge >= 0.3 is 0 Å². The second-order valence-corrected chi connectivity index (χ2v) is 6.14. The highest BCUT2D eigenvalue weighted by molar-refractivity contribution is 8.06. The van der Waals surface area contributed by atoms with Gasteiger partial charge in [-0.3, -0.25) is 4.79 Å². The van der Waals surface area contributed by atoms with Crippen LogP contribution in [0.2, 0.25) is 0 Å². The Morgan fingerprint density at radius 2 is 2.36 bits per heavy atom. The molecule has 2 aliphatic rings. The molecule has 4 heteroatoms. The van der Waals surface area contributed by atoms with Gasteiger partial charge in [0.15, 0.2) is 5.78 Å². The summed E-state index contributed by atoms with van der Waals surface area (Å²) in [5.41, 5.74) is 1.14. The van der Waals surface area contributed by atoms with Crippen LogP contribution in [0.1, 0.15) is 12.8 Å². The molecule has 78 valence electrons. The maximum Gasteiger partial charge on any atom is 0.157 e. The third-order valence-corrected chi connectivity index (χ3v) is 5.26. The molecule has 0 aromatic rings. The Balaban J connectivity index is 1.71. The minimum atomic E-state index is 0.276. The van der Waals surface area contributed by atoms with Crippen molar-refractivity contribution in [1.29, 1.82) is 0 Å². The van der Waals surface area contributed by atoms with Gasteiger partial charge in [0, 0.05) is 47.2 Å². The molecule has 14 heavy (non-hydrogen) atoms. The molecule has 2 rings (SSSR count). The van der Waals surface area contributed by atoms with Crippen molar-refractivity contribution >= 4 is 29.3 Å². The first-order chi connectivity index (χ1) is 6.84. The molecule has 1 aliphatic heterocycles. The average Bonchev–Trinajstić information content (AvgIpc) is 2.63. The van der Waals surface area contributed by atoms with Crippen molar-refractivity contribution in [3.05, 3.63) is 11.8 Å². The van der Waals surface area contributed by atoms with Gasteiger partial charge in [-0.15, -0.1) is 0 Å². The number of nitrogens with one attached hydrogen (secondary N) is 1. The van der Waals surface area contributed by atoms with Crippen molar-refractivity contribution < 1.29 is 4.79 Å². The Labute approximate surface area is 93.3 Å². The van der Waals surface area contributed by atoms with Crippen molar-refractivity contribution in [2.24, 2.45) is 0 Å². The molecule has 0 bridgehead atoms. The molecule has 0 spiro atoms. The Bertz CT molecular complexity index is 247. The molecule has 2 nitrogen and oxygen atoms in total. The van der Waals surface area contributed by atoms with E-state index in [4.69, 9.17) is 0 Å². The highest BCUT2D eigenvalue weighted by Crippen LogP contribution is 2.24. The van der Waals surface area contributed by atoms with Crippen LogP contribution in [0.4, 0.5) is 0 Å². The molecule has 0 radical (unpaired) electrons. The summed E-state index contributed by atoms with van der Waals surface area (Å²) in [6, 6.07) is 0. The van der Waals surface area contributed by atoms with E-state index >= 15 is 0 Å². The molecule has 0 saturated carbocycles. The monoisotopic (exact) mass is 229 g/mol. The molecule has 0 aromatic carbocycles. The third kappa shape index (κ3) is 2.95. The maximum absolute atomic E-state index is 11.0. The summed E-state index contributed by atoms with van der Waals surface area (Å²) in [6.07, 6.45) is 3.39. The van der Waals surface area contributed by atoms with Crippen LogP contribution in [0.3, 0.4) is 0 Å². The third-order valence-electron chi connectivity index (χ3n) is 2.42. The lowest BCUT2D eigenvalue weighted by Crippen LogP contribution is -2.28. The number of ketones is 1. The molecule has 1 atom stereocenters. The van der Waals surface area contributed by atoms with Crippen molar-refractivity contribution in [2.45, 2.75) is 18.1 Å². The van der Waals surface area contributed by atoms with E-state index in [1.54, 1.807) is 6.08 Å². The van der Waals surface area contributed by atoms with Crippen LogP contribution in [0.5, 0.6) is 0 Å². The van der Waals surface area contributed by atoms with Gasteiger partial charge in [-0.1, -0.05) is 0 Å². The lowest BCUT2D eigenvalue weighted by atomic mass is 10.3. The number of allylic oxidation sites excluding steroid dienone is 2. The Kier molecular flexibility index (Phi) is 3.81. The highest BCUT2D eigenvalue weighted by atomic mass is 32.2. The SMILES string of the molecule is O=C1C=C(NCC2CSCCS2)CC1. The first kappa shape index (κ1) is 10.4. The number of thioether (sulfide) groups is 2. The largest absolute Gasteiger partial charge is 0.387 e. The molecule has 1 N–H and O–H groups in total. The first-order valence-corrected chi connectivity index (χ1v) is 7.21. The van der Waals surface area contributed by atoms with Crippen LogP contribution in [-0.2, 0) is 4.79 Å². The van der Waals surface area contributed by atoms with E-state index < -0.39 is 0 Å². The number of carbonyl (C=O) groups excluding carboxylic acids is 1. The van der Waals surface area contributed by atoms with Gasteiger partial charge in [0.2, 0.25) is 0 Å². The highest BCUT2D eigenvalue weighted by Gasteiger charge is 2.16. The second-order valence-electron chi connectivity index (χ2n) is 3.58. The summed E-state index contributed by atoms with van der Waals surface area (Å²) in [4.78, 5) is 11.0. The predicted octanol–water partition coefficient (Wildman–Crippen LogP) is 1.67. The van der Waals surface area contributed by atoms with Crippen LogP contribution >= 0.6 is 23.5 Å². The van der Waals surface area contributed by atoms with Crippen LogP contribution in [-0.4, -0.2) is 34.8 Å². The molecule has 0 aromatic heterocycles. The first-order valence-electron chi connectivity index (χ1n) is 5.01. The van der Waals surface area contributed by atoms with E-state index in [-0.39, 0.29) is 5.78 Å². The van der Waals surface area contributed by atoms with Gasteiger partial charge in [0.05, 0.1) is 0 Å². The zero-order valence-corrected chi connectivity index (χ0v) is 9.76. The van der Waals surface area contributed by atoms with Gasteiger partial charge < -0.3 is 5.32 Å². The average molecular weight is 229 g/mol. The Morgan fingerprint density at radius 3 is 3.00 bits per heavy atom. The number of hydrogen-bond donors (Lipinski definition) is 1. The summed E-state index contributed by atoms with van der Waals surface area (Å²) in [5.74, 6) is 4.09. The quantitative estimate of drug-likeness (QED) is 0.797. The smallest absolute Gasteiger partial charge is 0.157 e. The maximum atomic E-state index is 11.0. The standard InChI is InChI=1S/C10H15NOS2/c12-9-2-1-8(5-9)11-6-10-7-13-3-4-14-10/h5,10-11H,1-4,6-7H2. The minimum absolute atomic E-state index is 0.276. The van der Waals surface area contributed by atoms with Crippen molar-refractivity contribution in [3.8, 4) is 0 Å². The number of rotatable bonds is 3. The zero-order chi connectivity index (χ0) is 9.80. The summed E-state index contributed by atoms with van der Waals surface area (Å²) in [7, 11) is 0. The fourth-order valence-electron chi connectivity index (χ4n) is 1.64. The molecule has 1 fully saturated rings. The molecule has 1 saturated heterocycles. The van der Waals surface area contributed by atoms with E-state index in [0.29, 0.717) is 6.42 Å². The van der Waals surface area contributed by atoms with Gasteiger partial charge in [-0.05, 0) is 6.42 Å². The van der Waals surface area contributed by atoms with Crippen molar-refractivity contribution in [3.63, 3.8) is 0 Å². The summed E-state index contributed by atoms with van der Waals surface area (Å²) in [6.45, 7) is 1.02. The van der Waals surface area contributed by atoms with Crippen molar-refractivity contribution in [1.82, 2.24) is 5.32 Å². The van der Waals surface area contributed by atoms with Crippen molar-refractivity contribution in [2.75, 3.05) is 23.8 Å². The van der Waals surface area contributed by atoms with Gasteiger partial charge in [0.25, 0.3) is 0 Å². The van der Waals surface area contributed by atoms with E-state index in [9.17, 15) is 4.79 Å². The topological polar surface area (TPSA) is 29.1 Å². The number of hydrogen-bond acceptors (Lipinski definition) is 4. The molecular formula is C10H15NOS2. The summed E-state index contributed by atoms with van der Waals surface area (Å²) in [5, 5.41) is 4.12. The Morgan fingerprint density at radius 1 is 1.43 bits per heavy atom. The van der Waals surface area contributed by atoms with E-state index in [2.05, 4.69) is 17.1 Å². The molecular weight excluding hydrogens is 214 g/mol. The molecule has 1 unspecified atom stereocenters. The second kappa shape index (κ2) is 5.12. The minimum Gasteiger partial charge on any atom is -0.387 e.